The number of nitrogens with one attached hydrogen (secondary N) is 2. The van der Waals surface area contributed by atoms with Crippen LogP contribution in [-0.4, -0.2) is 37.0 Å². The number of benzene rings is 2. The quantitative estimate of drug-likeness (QED) is 0.470. The molecule has 2 aromatic rings. The topological polar surface area (TPSA) is 93.7 Å². The molecule has 33 heavy (non-hydrogen) atoms. The molecule has 0 bridgehead atoms. The number of hydrogen-bond donors (Lipinski definition) is 2. The first-order valence-electron chi connectivity index (χ1n) is 11.1. The summed E-state index contributed by atoms with van der Waals surface area (Å²) < 4.78 is 24.3. The Morgan fingerprint density at radius 3 is 1.97 bits per heavy atom. The summed E-state index contributed by atoms with van der Waals surface area (Å²) in [5, 5.41) is 5.64. The number of carbonyl (C=O) groups excluding carboxylic acids is 2. The molecule has 0 radical (unpaired) electrons. The van der Waals surface area contributed by atoms with Crippen LogP contribution in [0.2, 0.25) is 0 Å². The smallest absolute Gasteiger partial charge is 0.408 e. The zero-order chi connectivity index (χ0) is 24.6. The van der Waals surface area contributed by atoms with Gasteiger partial charge < -0.3 is 24.7 Å². The van der Waals surface area contributed by atoms with Crippen LogP contribution in [-0.2, 0) is 14.1 Å². The molecule has 8 heteroatoms. The molecule has 0 spiro atoms. The van der Waals surface area contributed by atoms with Crippen molar-refractivity contribution in [3.63, 3.8) is 0 Å². The fraction of sp³-hybridized carbons (Fsp3) is 0.440. The molecule has 0 aromatic heterocycles. The molecule has 0 heterocycles. The molecule has 0 aliphatic carbocycles. The second-order valence-corrected chi connectivity index (χ2v) is 12.4. The molecule has 2 aromatic carbocycles. The van der Waals surface area contributed by atoms with E-state index in [-0.39, 0.29) is 0 Å². The Balaban J connectivity index is 2.40. The first kappa shape index (κ1) is 26.5. The number of amides is 2. The summed E-state index contributed by atoms with van der Waals surface area (Å²) in [7, 11) is -1.23. The summed E-state index contributed by atoms with van der Waals surface area (Å²) in [6, 6.07) is 15.1. The number of rotatable bonds is 9. The van der Waals surface area contributed by atoms with Crippen LogP contribution >= 0.6 is 7.14 Å². The molecule has 2 N–H and O–H groups in total. The summed E-state index contributed by atoms with van der Waals surface area (Å²) in [5.41, 5.74) is 0.602. The van der Waals surface area contributed by atoms with Gasteiger partial charge >= 0.3 is 6.09 Å². The molecule has 7 nitrogen and oxygen atoms in total. The number of alkyl carbamates (subject to hydrolysis) is 1. The van der Waals surface area contributed by atoms with Gasteiger partial charge in [0.05, 0.1) is 7.11 Å². The Morgan fingerprint density at radius 1 is 0.909 bits per heavy atom. The zero-order valence-corrected chi connectivity index (χ0v) is 21.1. The Hall–Kier alpha value is -2.79. The first-order chi connectivity index (χ1) is 15.5. The van der Waals surface area contributed by atoms with Gasteiger partial charge in [-0.2, -0.15) is 0 Å². The van der Waals surface area contributed by atoms with Crippen molar-refractivity contribution in [2.24, 2.45) is 0 Å². The van der Waals surface area contributed by atoms with E-state index in [1.807, 2.05) is 19.9 Å². The monoisotopic (exact) mass is 474 g/mol. The van der Waals surface area contributed by atoms with Gasteiger partial charge in [-0.25, -0.2) is 4.79 Å². The van der Waals surface area contributed by atoms with Crippen LogP contribution in [0.15, 0.2) is 54.6 Å². The van der Waals surface area contributed by atoms with Gasteiger partial charge in [0.25, 0.3) is 0 Å². The predicted octanol–water partition coefficient (Wildman–Crippen LogP) is 5.48. The minimum absolute atomic E-state index is 0.427. The highest BCUT2D eigenvalue weighted by molar-refractivity contribution is 7.64. The van der Waals surface area contributed by atoms with Crippen molar-refractivity contribution >= 4 is 19.1 Å². The van der Waals surface area contributed by atoms with E-state index < -0.39 is 36.6 Å². The SMILES string of the molecule is CCP(=O)(CC)[C@@H](NC(=O)[C@H](NC(=O)OC(C)(C)C)c1ccccc1)c1ccc(OC)cc1. The molecular formula is C25H35N2O5P. The van der Waals surface area contributed by atoms with Crippen molar-refractivity contribution in [3.05, 3.63) is 65.7 Å². The number of methoxy groups -OCH3 is 1. The molecule has 0 unspecified atom stereocenters. The van der Waals surface area contributed by atoms with Crippen LogP contribution in [0.25, 0.3) is 0 Å². The van der Waals surface area contributed by atoms with Crippen LogP contribution in [0.5, 0.6) is 5.75 Å². The maximum atomic E-state index is 13.8. The van der Waals surface area contributed by atoms with Crippen LogP contribution in [0, 0.1) is 0 Å². The van der Waals surface area contributed by atoms with Crippen LogP contribution in [0.3, 0.4) is 0 Å². The molecule has 0 fully saturated rings. The van der Waals surface area contributed by atoms with Crippen molar-refractivity contribution in [1.82, 2.24) is 10.6 Å². The van der Waals surface area contributed by atoms with Crippen LogP contribution < -0.4 is 15.4 Å². The Labute approximate surface area is 196 Å². The Morgan fingerprint density at radius 2 is 1.48 bits per heavy atom. The van der Waals surface area contributed by atoms with Crippen LogP contribution in [0.4, 0.5) is 4.79 Å². The Kier molecular flexibility index (Phi) is 9.12. The van der Waals surface area contributed by atoms with E-state index in [1.54, 1.807) is 76.4 Å². The minimum atomic E-state index is -2.81. The third-order valence-electron chi connectivity index (χ3n) is 5.31. The van der Waals surface area contributed by atoms with Crippen molar-refractivity contribution in [1.29, 1.82) is 0 Å². The minimum Gasteiger partial charge on any atom is -0.497 e. The van der Waals surface area contributed by atoms with E-state index in [0.29, 0.717) is 23.6 Å². The first-order valence-corrected chi connectivity index (χ1v) is 13.2. The normalized spacial score (nSPS) is 13.5. The lowest BCUT2D eigenvalue weighted by molar-refractivity contribution is -0.123. The molecule has 180 valence electrons. The number of ether oxygens (including phenoxy) is 2. The lowest BCUT2D eigenvalue weighted by atomic mass is 10.1. The molecule has 2 rings (SSSR count). The third-order valence-corrected chi connectivity index (χ3v) is 8.82. The second kappa shape index (κ2) is 11.4. The third kappa shape index (κ3) is 7.36. The number of hydrogen-bond acceptors (Lipinski definition) is 5. The molecule has 0 saturated carbocycles. The van der Waals surface area contributed by atoms with Crippen molar-refractivity contribution in [2.45, 2.75) is 52.0 Å². The largest absolute Gasteiger partial charge is 0.497 e. The predicted molar refractivity (Wildman–Crippen MR) is 131 cm³/mol. The van der Waals surface area contributed by atoms with Gasteiger partial charge in [0.1, 0.15) is 30.3 Å². The average molecular weight is 475 g/mol. The van der Waals surface area contributed by atoms with E-state index in [4.69, 9.17) is 9.47 Å². The van der Waals surface area contributed by atoms with Gasteiger partial charge in [-0.1, -0.05) is 56.3 Å². The van der Waals surface area contributed by atoms with E-state index in [2.05, 4.69) is 10.6 Å². The molecular weight excluding hydrogens is 439 g/mol. The van der Waals surface area contributed by atoms with E-state index in [0.717, 1.165) is 5.56 Å². The van der Waals surface area contributed by atoms with Gasteiger partial charge in [-0.05, 0) is 44.0 Å². The highest BCUT2D eigenvalue weighted by atomic mass is 31.2. The van der Waals surface area contributed by atoms with Gasteiger partial charge in [-0.3, -0.25) is 4.79 Å². The van der Waals surface area contributed by atoms with Gasteiger partial charge in [0, 0.05) is 12.3 Å². The molecule has 0 aliphatic rings. The molecule has 0 aliphatic heterocycles. The van der Waals surface area contributed by atoms with Gasteiger partial charge in [0.2, 0.25) is 5.91 Å². The summed E-state index contributed by atoms with van der Waals surface area (Å²) in [5.74, 6) is -0.493. The van der Waals surface area contributed by atoms with E-state index >= 15 is 0 Å². The molecule has 2 amide bonds. The fourth-order valence-corrected chi connectivity index (χ4v) is 5.69. The van der Waals surface area contributed by atoms with Gasteiger partial charge in [-0.15, -0.1) is 0 Å². The van der Waals surface area contributed by atoms with Crippen molar-refractivity contribution in [3.8, 4) is 5.75 Å². The average Bonchev–Trinajstić information content (AvgIpc) is 2.80. The van der Waals surface area contributed by atoms with E-state index in [9.17, 15) is 14.2 Å². The number of carbonyl (C=O) groups is 2. The van der Waals surface area contributed by atoms with Crippen LogP contribution in [0.1, 0.15) is 57.6 Å². The summed E-state index contributed by atoms with van der Waals surface area (Å²) in [6.07, 6.45) is 0.146. The standard InChI is InChI=1S/C25H35N2O5P/c1-7-33(30,8-2)23(19-14-16-20(31-6)17-15-19)27-22(28)21(18-12-10-9-11-13-18)26-24(29)32-25(3,4)5/h9-17,21,23H,7-8H2,1-6H3,(H,26,29)(H,27,28)/t21-,23-/m1/s1. The summed E-state index contributed by atoms with van der Waals surface area (Å²) in [4.78, 5) is 26.0. The summed E-state index contributed by atoms with van der Waals surface area (Å²) >= 11 is 0. The maximum absolute atomic E-state index is 13.8. The Bertz CT molecular complexity index is 963. The van der Waals surface area contributed by atoms with E-state index in [1.165, 1.54) is 0 Å². The summed E-state index contributed by atoms with van der Waals surface area (Å²) in [6.45, 7) is 8.98. The van der Waals surface area contributed by atoms with Crippen molar-refractivity contribution in [2.75, 3.05) is 19.4 Å². The molecule has 0 saturated heterocycles. The second-order valence-electron chi connectivity index (χ2n) is 8.76. The molecule has 2 atom stereocenters. The van der Waals surface area contributed by atoms with Crippen molar-refractivity contribution < 1.29 is 23.6 Å². The fourth-order valence-electron chi connectivity index (χ4n) is 3.44. The zero-order valence-electron chi connectivity index (χ0n) is 20.3. The highest BCUT2D eigenvalue weighted by Gasteiger charge is 2.35. The van der Waals surface area contributed by atoms with Gasteiger partial charge in [0.15, 0.2) is 0 Å². The lowest BCUT2D eigenvalue weighted by Crippen LogP contribution is -2.43. The highest BCUT2D eigenvalue weighted by Crippen LogP contribution is 2.57. The maximum Gasteiger partial charge on any atom is 0.408 e. The lowest BCUT2D eigenvalue weighted by Gasteiger charge is -2.30.